The van der Waals surface area contributed by atoms with E-state index < -0.39 is 6.10 Å². The zero-order valence-corrected chi connectivity index (χ0v) is 15.1. The first kappa shape index (κ1) is 17.6. The Hall–Kier alpha value is -2.83. The van der Waals surface area contributed by atoms with Gasteiger partial charge < -0.3 is 19.0 Å². The Morgan fingerprint density at radius 2 is 1.93 bits per heavy atom. The molecule has 2 heterocycles. The molecule has 1 N–H and O–H groups in total. The van der Waals surface area contributed by atoms with E-state index >= 15 is 0 Å². The van der Waals surface area contributed by atoms with Gasteiger partial charge in [0.2, 0.25) is 6.79 Å². The van der Waals surface area contributed by atoms with E-state index in [4.69, 9.17) is 13.9 Å². The highest BCUT2D eigenvalue weighted by molar-refractivity contribution is 5.76. The van der Waals surface area contributed by atoms with Gasteiger partial charge in [0, 0.05) is 25.2 Å². The van der Waals surface area contributed by atoms with E-state index in [-0.39, 0.29) is 12.2 Å². The topological polar surface area (TPSA) is 72.1 Å². The fraction of sp³-hybridized carbons (Fsp3) is 0.286. The van der Waals surface area contributed by atoms with Crippen molar-refractivity contribution in [3.63, 3.8) is 0 Å². The second-order valence-electron chi connectivity index (χ2n) is 6.79. The number of hydrogen-bond donors (Lipinski definition) is 1. The molecule has 2 aromatic carbocycles. The molecule has 0 radical (unpaired) electrons. The Morgan fingerprint density at radius 3 is 2.78 bits per heavy atom. The molecular weight excluding hydrogens is 346 g/mol. The summed E-state index contributed by atoms with van der Waals surface area (Å²) in [5.74, 6) is 1.45. The average molecular weight is 367 g/mol. The Labute approximate surface area is 156 Å². The minimum Gasteiger partial charge on any atom is -0.464 e. The molecular formula is C21H21NO5. The summed E-state index contributed by atoms with van der Waals surface area (Å²) in [7, 11) is 0. The van der Waals surface area contributed by atoms with Gasteiger partial charge in [-0.3, -0.25) is 9.69 Å². The van der Waals surface area contributed by atoms with Crippen molar-refractivity contribution in [3.05, 3.63) is 70.1 Å². The summed E-state index contributed by atoms with van der Waals surface area (Å²) < 4.78 is 16.4. The normalized spacial score (nSPS) is 14.0. The van der Waals surface area contributed by atoms with Gasteiger partial charge in [0.05, 0.1) is 17.8 Å². The van der Waals surface area contributed by atoms with Crippen LogP contribution in [-0.4, -0.2) is 29.4 Å². The van der Waals surface area contributed by atoms with Crippen LogP contribution in [0.15, 0.2) is 57.9 Å². The fourth-order valence-electron chi connectivity index (χ4n) is 3.32. The van der Waals surface area contributed by atoms with Crippen LogP contribution < -0.4 is 14.9 Å². The summed E-state index contributed by atoms with van der Waals surface area (Å²) in [5, 5.41) is 10.5. The van der Waals surface area contributed by atoms with Gasteiger partial charge in [-0.15, -0.1) is 0 Å². The predicted octanol–water partition coefficient (Wildman–Crippen LogP) is 2.90. The van der Waals surface area contributed by atoms with E-state index in [2.05, 4.69) is 0 Å². The highest BCUT2D eigenvalue weighted by atomic mass is 16.7. The third-order valence-electron chi connectivity index (χ3n) is 4.51. The number of aliphatic hydroxyl groups is 1. The maximum atomic E-state index is 12.8. The number of nitrogens with zero attached hydrogens (tertiary/aromatic N) is 1. The smallest absolute Gasteiger partial charge is 0.231 e. The molecule has 0 spiro atoms. The van der Waals surface area contributed by atoms with Crippen molar-refractivity contribution in [2.75, 3.05) is 13.3 Å². The quantitative estimate of drug-likeness (QED) is 0.722. The van der Waals surface area contributed by atoms with E-state index in [0.29, 0.717) is 36.2 Å². The molecule has 27 heavy (non-hydrogen) atoms. The second kappa shape index (κ2) is 7.42. The molecule has 4 rings (SSSR count). The maximum absolute atomic E-state index is 12.8. The molecule has 140 valence electrons. The summed E-state index contributed by atoms with van der Waals surface area (Å²) in [6.07, 6.45) is 0.991. The molecule has 1 aromatic heterocycles. The van der Waals surface area contributed by atoms with Gasteiger partial charge in [-0.25, -0.2) is 0 Å². The van der Waals surface area contributed by atoms with Crippen LogP contribution in [0.3, 0.4) is 0 Å². The summed E-state index contributed by atoms with van der Waals surface area (Å²) in [6.45, 7) is 3.34. The highest BCUT2D eigenvalue weighted by Crippen LogP contribution is 2.32. The van der Waals surface area contributed by atoms with Crippen LogP contribution in [-0.2, 0) is 13.1 Å². The van der Waals surface area contributed by atoms with Crippen LogP contribution >= 0.6 is 0 Å². The van der Waals surface area contributed by atoms with Crippen molar-refractivity contribution in [2.45, 2.75) is 26.1 Å². The molecule has 0 fully saturated rings. The summed E-state index contributed by atoms with van der Waals surface area (Å²) >= 11 is 0. The van der Waals surface area contributed by atoms with E-state index in [1.54, 1.807) is 19.1 Å². The molecule has 1 aliphatic rings. The predicted molar refractivity (Wildman–Crippen MR) is 101 cm³/mol. The number of hydrogen-bond acceptors (Lipinski definition) is 6. The molecule has 0 bridgehead atoms. The van der Waals surface area contributed by atoms with Crippen molar-refractivity contribution in [3.8, 4) is 11.5 Å². The largest absolute Gasteiger partial charge is 0.464 e. The third kappa shape index (κ3) is 3.82. The van der Waals surface area contributed by atoms with E-state index in [0.717, 1.165) is 17.1 Å². The van der Waals surface area contributed by atoms with Crippen LogP contribution in [0.2, 0.25) is 0 Å². The lowest BCUT2D eigenvalue weighted by Gasteiger charge is -2.23. The standard InChI is InChI=1S/C21H21NO5/c1-14(23)9-22(10-15-6-7-19-20(8-15)27-13-26-19)11-16-12-25-18-5-3-2-4-17(18)21(16)24/h2-8,12,14,23H,9-11,13H2,1H3/t14-/m0/s1. The van der Waals surface area contributed by atoms with Crippen molar-refractivity contribution in [1.29, 1.82) is 0 Å². The first-order valence-electron chi connectivity index (χ1n) is 8.88. The van der Waals surface area contributed by atoms with Gasteiger partial charge in [-0.05, 0) is 36.8 Å². The van der Waals surface area contributed by atoms with Gasteiger partial charge in [-0.2, -0.15) is 0 Å². The van der Waals surface area contributed by atoms with Gasteiger partial charge in [0.1, 0.15) is 5.58 Å². The van der Waals surface area contributed by atoms with Gasteiger partial charge in [-0.1, -0.05) is 18.2 Å². The molecule has 0 saturated carbocycles. The number of fused-ring (bicyclic) bond motifs is 2. The Morgan fingerprint density at radius 1 is 1.11 bits per heavy atom. The summed E-state index contributed by atoms with van der Waals surface area (Å²) in [6, 6.07) is 13.0. The molecule has 0 saturated heterocycles. The van der Waals surface area contributed by atoms with Crippen molar-refractivity contribution in [2.24, 2.45) is 0 Å². The van der Waals surface area contributed by atoms with Crippen LogP contribution in [0.1, 0.15) is 18.1 Å². The average Bonchev–Trinajstić information content (AvgIpc) is 3.11. The SMILES string of the molecule is C[C@H](O)CN(Cc1ccc2c(c1)OCO2)Cc1coc2ccccc2c1=O. The fourth-order valence-corrected chi connectivity index (χ4v) is 3.32. The molecule has 3 aromatic rings. The van der Waals surface area contributed by atoms with Crippen LogP contribution in [0.25, 0.3) is 11.0 Å². The summed E-state index contributed by atoms with van der Waals surface area (Å²) in [5.41, 5.74) is 2.11. The number of ether oxygens (including phenoxy) is 2. The van der Waals surface area contributed by atoms with E-state index in [9.17, 15) is 9.90 Å². The van der Waals surface area contributed by atoms with E-state index in [1.807, 2.05) is 35.2 Å². The summed E-state index contributed by atoms with van der Waals surface area (Å²) in [4.78, 5) is 14.8. The first-order valence-corrected chi connectivity index (χ1v) is 8.88. The van der Waals surface area contributed by atoms with Gasteiger partial charge in [0.15, 0.2) is 16.9 Å². The molecule has 0 aliphatic carbocycles. The zero-order chi connectivity index (χ0) is 18.8. The second-order valence-corrected chi connectivity index (χ2v) is 6.79. The Bertz CT molecular complexity index is 1010. The van der Waals surface area contributed by atoms with Gasteiger partial charge >= 0.3 is 0 Å². The molecule has 0 amide bonds. The lowest BCUT2D eigenvalue weighted by Crippen LogP contribution is -2.32. The molecule has 1 aliphatic heterocycles. The molecule has 6 nitrogen and oxygen atoms in total. The third-order valence-corrected chi connectivity index (χ3v) is 4.51. The number of para-hydroxylation sites is 1. The minimum atomic E-state index is -0.522. The highest BCUT2D eigenvalue weighted by Gasteiger charge is 2.17. The number of benzene rings is 2. The van der Waals surface area contributed by atoms with Crippen molar-refractivity contribution >= 4 is 11.0 Å². The lowest BCUT2D eigenvalue weighted by atomic mass is 10.1. The number of aliphatic hydroxyl groups excluding tert-OH is 1. The minimum absolute atomic E-state index is 0.0434. The van der Waals surface area contributed by atoms with Crippen LogP contribution in [0.4, 0.5) is 0 Å². The van der Waals surface area contributed by atoms with Gasteiger partial charge in [0.25, 0.3) is 0 Å². The molecule has 6 heteroatoms. The maximum Gasteiger partial charge on any atom is 0.231 e. The zero-order valence-electron chi connectivity index (χ0n) is 15.1. The molecule has 1 atom stereocenters. The monoisotopic (exact) mass is 367 g/mol. The van der Waals surface area contributed by atoms with Crippen LogP contribution in [0.5, 0.6) is 11.5 Å². The Kier molecular flexibility index (Phi) is 4.83. The lowest BCUT2D eigenvalue weighted by molar-refractivity contribution is 0.117. The molecule has 0 unspecified atom stereocenters. The van der Waals surface area contributed by atoms with Crippen LogP contribution in [0, 0.1) is 0 Å². The number of rotatable bonds is 6. The first-order chi connectivity index (χ1) is 13.1. The van der Waals surface area contributed by atoms with Crippen molar-refractivity contribution < 1.29 is 19.0 Å². The Balaban J connectivity index is 1.59. The van der Waals surface area contributed by atoms with Crippen molar-refractivity contribution in [1.82, 2.24) is 4.90 Å². The van der Waals surface area contributed by atoms with E-state index in [1.165, 1.54) is 6.26 Å².